The zero-order valence-corrected chi connectivity index (χ0v) is 29.0. The number of Topliss-reactive ketones (excluding diaryl/α,β-unsaturated/α-hetero) is 1. The average molecular weight is 692 g/mol. The number of fused-ring (bicyclic) bond motifs is 6. The number of carbonyl (C=O) groups excluding carboxylic acids is 1. The summed E-state index contributed by atoms with van der Waals surface area (Å²) >= 11 is 0. The number of hydrogen-bond donors (Lipinski definition) is 2. The minimum Gasteiger partial charge on any atom is -0.508 e. The van der Waals surface area contributed by atoms with Crippen molar-refractivity contribution in [1.29, 1.82) is 0 Å². The van der Waals surface area contributed by atoms with Crippen molar-refractivity contribution in [3.05, 3.63) is 188 Å². The Morgan fingerprint density at radius 1 is 0.480 bits per heavy atom. The van der Waals surface area contributed by atoms with E-state index in [9.17, 15) is 14.1 Å². The predicted octanol–water partition coefficient (Wildman–Crippen LogP) is 11.6. The molecule has 7 aromatic carbocycles. The van der Waals surface area contributed by atoms with Crippen LogP contribution in [0.1, 0.15) is 17.3 Å². The fraction of sp³-hybridized carbons (Fsp3) is 0.0227. The number of aromatic hydroxyl groups is 2. The van der Waals surface area contributed by atoms with Gasteiger partial charge in [0, 0.05) is 38.9 Å². The van der Waals surface area contributed by atoms with E-state index in [0.717, 1.165) is 26.5 Å². The van der Waals surface area contributed by atoms with Crippen molar-refractivity contribution >= 4 is 47.2 Å². The van der Waals surface area contributed by atoms with Gasteiger partial charge in [-0.05, 0) is 78.7 Å². The molecule has 0 saturated carbocycles. The van der Waals surface area contributed by atoms with Crippen LogP contribution in [-0.4, -0.2) is 20.2 Å². The van der Waals surface area contributed by atoms with E-state index in [1.165, 1.54) is 25.1 Å². The summed E-state index contributed by atoms with van der Waals surface area (Å²) in [5.41, 5.74) is 3.00. The molecule has 8 aromatic rings. The monoisotopic (exact) mass is 691 g/mol. The summed E-state index contributed by atoms with van der Waals surface area (Å²) in [6.07, 6.45) is 0. The lowest BCUT2D eigenvalue weighted by atomic mass is 10.1. The lowest BCUT2D eigenvalue weighted by Crippen LogP contribution is -1.88. The van der Waals surface area contributed by atoms with Crippen LogP contribution < -0.4 is 0 Å². The first kappa shape index (κ1) is 34.1. The molecule has 1 aliphatic heterocycles. The highest BCUT2D eigenvalue weighted by atomic mass is 32.2. The second kappa shape index (κ2) is 16.1. The van der Waals surface area contributed by atoms with Gasteiger partial charge in [0.2, 0.25) is 0 Å². The van der Waals surface area contributed by atoms with Gasteiger partial charge in [-0.3, -0.25) is 4.79 Å². The summed E-state index contributed by atoms with van der Waals surface area (Å²) in [4.78, 5) is 13.8. The van der Waals surface area contributed by atoms with E-state index in [-0.39, 0.29) is 16.3 Å². The summed E-state index contributed by atoms with van der Waals surface area (Å²) in [6.45, 7) is 1.56. The molecule has 0 amide bonds. The second-order valence-electron chi connectivity index (χ2n) is 11.3. The van der Waals surface area contributed by atoms with E-state index in [0.29, 0.717) is 11.5 Å². The second-order valence-corrected chi connectivity index (χ2v) is 14.7. The molecule has 0 saturated heterocycles. The van der Waals surface area contributed by atoms with Crippen LogP contribution in [0.3, 0.4) is 0 Å². The lowest BCUT2D eigenvalue weighted by Gasteiger charge is -1.95. The van der Waals surface area contributed by atoms with Crippen LogP contribution in [-0.2, 0) is 10.8 Å². The number of benzene rings is 7. The number of para-hydroxylation sites is 1. The number of hydrogen-bond acceptors (Lipinski definition) is 4. The molecule has 4 nitrogen and oxygen atoms in total. The van der Waals surface area contributed by atoms with Gasteiger partial charge < -0.3 is 10.2 Å². The van der Waals surface area contributed by atoms with Crippen molar-refractivity contribution in [2.75, 3.05) is 0 Å². The maximum absolute atomic E-state index is 12.0. The minimum atomic E-state index is -0.973. The normalized spacial score (nSPS) is 11.1. The molecule has 0 aliphatic carbocycles. The Balaban J connectivity index is 0.000000125. The first-order valence-electron chi connectivity index (χ1n) is 16.0. The van der Waals surface area contributed by atoms with E-state index >= 15 is 0 Å². The molecule has 6 heteroatoms. The van der Waals surface area contributed by atoms with Crippen LogP contribution in [0.15, 0.2) is 192 Å². The van der Waals surface area contributed by atoms with Gasteiger partial charge in [0.05, 0.1) is 20.6 Å². The van der Waals surface area contributed by atoms with Crippen LogP contribution >= 0.6 is 10.5 Å². The van der Waals surface area contributed by atoms with Crippen molar-refractivity contribution in [1.82, 2.24) is 0 Å². The summed E-state index contributed by atoms with van der Waals surface area (Å²) in [6, 6.07) is 58.5. The smallest absolute Gasteiger partial charge is 0.187 e. The van der Waals surface area contributed by atoms with Crippen LogP contribution in [0.5, 0.6) is 11.5 Å². The standard InChI is InChI=1S/C18H12OS.C12H8OS.C8H8O.C6H6O/c19-13-9-11-14(12-10-13)20-17-7-3-1-5-15(17)16-6-2-4-8-18(16)20;13-14-11-7-3-1-5-9(11)10-6-2-4-8-12(10)14;1-7(9)8-5-3-2-4-6-8;7-6-4-2-1-3-5-6/h1-12H;1-8H;2-6H,1H3;1-5,7H/p+1. The third kappa shape index (κ3) is 7.73. The van der Waals surface area contributed by atoms with Crippen LogP contribution in [0.2, 0.25) is 0 Å². The number of thiophene rings is 1. The van der Waals surface area contributed by atoms with Gasteiger partial charge in [-0.1, -0.05) is 109 Å². The van der Waals surface area contributed by atoms with Gasteiger partial charge in [0.25, 0.3) is 0 Å². The van der Waals surface area contributed by atoms with Gasteiger partial charge in [-0.15, -0.1) is 0 Å². The highest BCUT2D eigenvalue weighted by molar-refractivity contribution is 7.85. The Morgan fingerprint density at radius 3 is 1.32 bits per heavy atom. The Morgan fingerprint density at radius 2 is 0.880 bits per heavy atom. The molecule has 0 fully saturated rings. The van der Waals surface area contributed by atoms with Crippen molar-refractivity contribution in [2.45, 2.75) is 16.7 Å². The SMILES string of the molecule is CC(=O)c1ccccc1.O=S1c2ccccc2-c2ccccc21.Oc1ccc(-[s+]2c3ccccc3c3ccccc32)cc1.Oc1ccccc1. The molecule has 0 spiro atoms. The highest BCUT2D eigenvalue weighted by Crippen LogP contribution is 2.48. The number of phenolic OH excluding ortho intramolecular Hbond substituents is 2. The van der Waals surface area contributed by atoms with Gasteiger partial charge in [-0.25, -0.2) is 4.21 Å². The third-order valence-electron chi connectivity index (χ3n) is 7.98. The van der Waals surface area contributed by atoms with E-state index in [2.05, 4.69) is 48.5 Å². The minimum absolute atomic E-state index is 0.0599. The molecule has 1 aliphatic rings. The molecule has 50 heavy (non-hydrogen) atoms. The van der Waals surface area contributed by atoms with Crippen LogP contribution in [0, 0.1) is 0 Å². The number of carbonyl (C=O) groups is 1. The van der Waals surface area contributed by atoms with Gasteiger partial charge in [0.15, 0.2) is 20.1 Å². The summed E-state index contributed by atoms with van der Waals surface area (Å²) < 4.78 is 14.7. The van der Waals surface area contributed by atoms with Crippen molar-refractivity contribution in [3.8, 4) is 27.5 Å². The Hall–Kier alpha value is -5.82. The number of ketones is 1. The fourth-order valence-electron chi connectivity index (χ4n) is 5.61. The van der Waals surface area contributed by atoms with Gasteiger partial charge >= 0.3 is 0 Å². The van der Waals surface area contributed by atoms with Crippen LogP contribution in [0.25, 0.3) is 36.2 Å². The summed E-state index contributed by atoms with van der Waals surface area (Å²) in [5, 5.41) is 20.8. The van der Waals surface area contributed by atoms with E-state index in [1.54, 1.807) is 43.3 Å². The Kier molecular flexibility index (Phi) is 10.9. The molecular weight excluding hydrogens is 657 g/mol. The topological polar surface area (TPSA) is 74.6 Å². The summed E-state index contributed by atoms with van der Waals surface area (Å²) in [7, 11) is -1.03. The number of phenols is 2. The van der Waals surface area contributed by atoms with Gasteiger partial charge in [0.1, 0.15) is 11.5 Å². The molecule has 2 heterocycles. The zero-order valence-electron chi connectivity index (χ0n) is 27.3. The molecule has 0 bridgehead atoms. The average Bonchev–Trinajstić information content (AvgIpc) is 3.66. The summed E-state index contributed by atoms with van der Waals surface area (Å²) in [5.74, 6) is 0.760. The molecule has 0 unspecified atom stereocenters. The Labute approximate surface area is 297 Å². The van der Waals surface area contributed by atoms with E-state index in [1.807, 2.05) is 97.1 Å². The molecule has 9 rings (SSSR count). The van der Waals surface area contributed by atoms with Crippen molar-refractivity contribution < 1.29 is 19.2 Å². The maximum atomic E-state index is 12.0. The fourth-order valence-corrected chi connectivity index (χ4v) is 9.38. The van der Waals surface area contributed by atoms with Gasteiger partial charge in [-0.2, -0.15) is 0 Å². The third-order valence-corrected chi connectivity index (χ3v) is 11.8. The number of rotatable bonds is 2. The van der Waals surface area contributed by atoms with E-state index < -0.39 is 10.8 Å². The van der Waals surface area contributed by atoms with Crippen molar-refractivity contribution in [2.24, 2.45) is 0 Å². The Bertz CT molecular complexity index is 2280. The first-order valence-corrected chi connectivity index (χ1v) is 18.4. The van der Waals surface area contributed by atoms with Crippen molar-refractivity contribution in [3.63, 3.8) is 0 Å². The molecular formula is C44H35O4S2+. The molecule has 0 radical (unpaired) electrons. The first-order chi connectivity index (χ1) is 24.4. The lowest BCUT2D eigenvalue weighted by molar-refractivity contribution is 0.101. The zero-order chi connectivity index (χ0) is 34.9. The maximum Gasteiger partial charge on any atom is 0.187 e. The highest BCUT2D eigenvalue weighted by Gasteiger charge is 2.24. The molecule has 1 aromatic heterocycles. The quantitative estimate of drug-likeness (QED) is 0.140. The largest absolute Gasteiger partial charge is 0.508 e. The molecule has 2 N–H and O–H groups in total. The predicted molar refractivity (Wildman–Crippen MR) is 208 cm³/mol. The van der Waals surface area contributed by atoms with E-state index in [4.69, 9.17) is 5.11 Å². The van der Waals surface area contributed by atoms with Crippen LogP contribution in [0.4, 0.5) is 0 Å². The molecule has 246 valence electrons. The molecule has 0 atom stereocenters.